The zero-order valence-electron chi connectivity index (χ0n) is 9.49. The standard InChI is InChI=1S/C11H19NO3/c1-9(13)12(8-7-11(14)15-2)10-5-3-4-6-10/h10H,3-8H2,1-2H3. The van der Waals surface area contributed by atoms with Gasteiger partial charge in [-0.3, -0.25) is 9.59 Å². The van der Waals surface area contributed by atoms with Crippen LogP contribution in [0.3, 0.4) is 0 Å². The topological polar surface area (TPSA) is 46.6 Å². The summed E-state index contributed by atoms with van der Waals surface area (Å²) < 4.78 is 4.57. The molecule has 0 N–H and O–H groups in total. The Morgan fingerprint density at radius 1 is 1.33 bits per heavy atom. The molecule has 0 aromatic rings. The predicted molar refractivity (Wildman–Crippen MR) is 56.3 cm³/mol. The number of esters is 1. The maximum Gasteiger partial charge on any atom is 0.307 e. The lowest BCUT2D eigenvalue weighted by Gasteiger charge is -2.27. The van der Waals surface area contributed by atoms with E-state index in [0.717, 1.165) is 12.8 Å². The fourth-order valence-electron chi connectivity index (χ4n) is 2.13. The zero-order valence-corrected chi connectivity index (χ0v) is 9.49. The number of carbonyl (C=O) groups is 2. The molecule has 1 aliphatic carbocycles. The van der Waals surface area contributed by atoms with Gasteiger partial charge in [-0.05, 0) is 12.8 Å². The summed E-state index contributed by atoms with van der Waals surface area (Å²) in [5.41, 5.74) is 0. The summed E-state index contributed by atoms with van der Waals surface area (Å²) in [5.74, 6) is -0.190. The molecule has 0 radical (unpaired) electrons. The smallest absolute Gasteiger partial charge is 0.307 e. The van der Waals surface area contributed by atoms with Gasteiger partial charge in [0, 0.05) is 19.5 Å². The van der Waals surface area contributed by atoms with Crippen LogP contribution in [0.4, 0.5) is 0 Å². The van der Waals surface area contributed by atoms with E-state index in [4.69, 9.17) is 0 Å². The molecule has 0 aliphatic heterocycles. The van der Waals surface area contributed by atoms with Crippen LogP contribution in [-0.2, 0) is 14.3 Å². The van der Waals surface area contributed by atoms with Crippen LogP contribution in [0, 0.1) is 0 Å². The van der Waals surface area contributed by atoms with Crippen LogP contribution in [0.15, 0.2) is 0 Å². The van der Waals surface area contributed by atoms with Crippen molar-refractivity contribution in [3.8, 4) is 0 Å². The van der Waals surface area contributed by atoms with E-state index in [-0.39, 0.29) is 11.9 Å². The second-order valence-corrected chi connectivity index (χ2v) is 3.98. The van der Waals surface area contributed by atoms with Gasteiger partial charge in [0.25, 0.3) is 0 Å². The summed E-state index contributed by atoms with van der Waals surface area (Å²) in [6.07, 6.45) is 4.81. The number of nitrogens with zero attached hydrogens (tertiary/aromatic N) is 1. The van der Waals surface area contributed by atoms with E-state index in [1.165, 1.54) is 20.0 Å². The summed E-state index contributed by atoms with van der Waals surface area (Å²) in [4.78, 5) is 24.2. The van der Waals surface area contributed by atoms with Crippen LogP contribution in [0.25, 0.3) is 0 Å². The molecule has 1 saturated carbocycles. The van der Waals surface area contributed by atoms with Crippen LogP contribution >= 0.6 is 0 Å². The van der Waals surface area contributed by atoms with Gasteiger partial charge < -0.3 is 9.64 Å². The quantitative estimate of drug-likeness (QED) is 0.662. The Morgan fingerprint density at radius 2 is 1.93 bits per heavy atom. The maximum absolute atomic E-state index is 11.4. The van der Waals surface area contributed by atoms with Gasteiger partial charge in [-0.15, -0.1) is 0 Å². The summed E-state index contributed by atoms with van der Waals surface area (Å²) in [6.45, 7) is 2.06. The molecule has 0 bridgehead atoms. The molecule has 0 aromatic heterocycles. The molecular formula is C11H19NO3. The first-order chi connectivity index (χ1) is 7.15. The third-order valence-electron chi connectivity index (χ3n) is 2.95. The van der Waals surface area contributed by atoms with Crippen molar-refractivity contribution in [3.05, 3.63) is 0 Å². The number of ether oxygens (including phenoxy) is 1. The summed E-state index contributed by atoms with van der Waals surface area (Å²) in [7, 11) is 1.37. The number of methoxy groups -OCH3 is 1. The van der Waals surface area contributed by atoms with Gasteiger partial charge in [-0.2, -0.15) is 0 Å². The highest BCUT2D eigenvalue weighted by molar-refractivity contribution is 5.75. The highest BCUT2D eigenvalue weighted by Crippen LogP contribution is 2.23. The van der Waals surface area contributed by atoms with Crippen LogP contribution < -0.4 is 0 Å². The van der Waals surface area contributed by atoms with Gasteiger partial charge in [-0.1, -0.05) is 12.8 Å². The third kappa shape index (κ3) is 3.53. The van der Waals surface area contributed by atoms with Crippen molar-refractivity contribution in [3.63, 3.8) is 0 Å². The van der Waals surface area contributed by atoms with Crippen molar-refractivity contribution < 1.29 is 14.3 Å². The first-order valence-corrected chi connectivity index (χ1v) is 5.49. The van der Waals surface area contributed by atoms with Gasteiger partial charge >= 0.3 is 5.97 Å². The van der Waals surface area contributed by atoms with E-state index in [9.17, 15) is 9.59 Å². The van der Waals surface area contributed by atoms with E-state index >= 15 is 0 Å². The molecule has 1 fully saturated rings. The Morgan fingerprint density at radius 3 is 2.40 bits per heavy atom. The van der Waals surface area contributed by atoms with Crippen LogP contribution in [0.1, 0.15) is 39.0 Å². The summed E-state index contributed by atoms with van der Waals surface area (Å²) in [5, 5.41) is 0. The highest BCUT2D eigenvalue weighted by atomic mass is 16.5. The number of carbonyl (C=O) groups excluding carboxylic acids is 2. The number of hydrogen-bond donors (Lipinski definition) is 0. The van der Waals surface area contributed by atoms with Crippen LogP contribution in [-0.4, -0.2) is 36.5 Å². The third-order valence-corrected chi connectivity index (χ3v) is 2.95. The minimum atomic E-state index is -0.251. The Kier molecular flexibility index (Phi) is 4.59. The molecule has 0 spiro atoms. The van der Waals surface area contributed by atoms with Gasteiger partial charge in [0.15, 0.2) is 0 Å². The predicted octanol–water partition coefficient (Wildman–Crippen LogP) is 1.34. The SMILES string of the molecule is COC(=O)CCN(C(C)=O)C1CCCC1. The average Bonchev–Trinajstić information content (AvgIpc) is 2.70. The lowest BCUT2D eigenvalue weighted by molar-refractivity contribution is -0.142. The largest absolute Gasteiger partial charge is 0.469 e. The minimum Gasteiger partial charge on any atom is -0.469 e. The van der Waals surface area contributed by atoms with E-state index in [2.05, 4.69) is 4.74 Å². The molecule has 0 atom stereocenters. The van der Waals surface area contributed by atoms with Crippen molar-refractivity contribution in [1.82, 2.24) is 4.90 Å². The van der Waals surface area contributed by atoms with Crippen molar-refractivity contribution in [2.24, 2.45) is 0 Å². The highest BCUT2D eigenvalue weighted by Gasteiger charge is 2.24. The number of rotatable bonds is 4. The first kappa shape index (κ1) is 12.0. The average molecular weight is 213 g/mol. The van der Waals surface area contributed by atoms with Gasteiger partial charge in [0.1, 0.15) is 0 Å². The molecule has 1 aliphatic rings. The van der Waals surface area contributed by atoms with Crippen molar-refractivity contribution >= 4 is 11.9 Å². The molecule has 4 nitrogen and oxygen atoms in total. The van der Waals surface area contributed by atoms with E-state index in [0.29, 0.717) is 19.0 Å². The molecular weight excluding hydrogens is 194 g/mol. The lowest BCUT2D eigenvalue weighted by atomic mass is 10.2. The van der Waals surface area contributed by atoms with Crippen molar-refractivity contribution in [1.29, 1.82) is 0 Å². The Hall–Kier alpha value is -1.06. The fraction of sp³-hybridized carbons (Fsp3) is 0.818. The molecule has 86 valence electrons. The summed E-state index contributed by atoms with van der Waals surface area (Å²) >= 11 is 0. The van der Waals surface area contributed by atoms with Crippen molar-refractivity contribution in [2.75, 3.05) is 13.7 Å². The lowest BCUT2D eigenvalue weighted by Crippen LogP contribution is -2.38. The van der Waals surface area contributed by atoms with Gasteiger partial charge in [-0.25, -0.2) is 0 Å². The normalized spacial score (nSPS) is 16.4. The minimum absolute atomic E-state index is 0.0609. The molecule has 4 heteroatoms. The molecule has 0 saturated heterocycles. The molecule has 0 aromatic carbocycles. The van der Waals surface area contributed by atoms with E-state index in [1.54, 1.807) is 6.92 Å². The molecule has 0 heterocycles. The Balaban J connectivity index is 2.43. The number of hydrogen-bond acceptors (Lipinski definition) is 3. The second kappa shape index (κ2) is 5.73. The van der Waals surface area contributed by atoms with E-state index in [1.807, 2.05) is 4.90 Å². The first-order valence-electron chi connectivity index (χ1n) is 5.49. The summed E-state index contributed by atoms with van der Waals surface area (Å²) in [6, 6.07) is 0.340. The van der Waals surface area contributed by atoms with E-state index < -0.39 is 0 Å². The number of amides is 1. The van der Waals surface area contributed by atoms with Crippen LogP contribution in [0.5, 0.6) is 0 Å². The fourth-order valence-corrected chi connectivity index (χ4v) is 2.13. The van der Waals surface area contributed by atoms with Gasteiger partial charge in [0.2, 0.25) is 5.91 Å². The monoisotopic (exact) mass is 213 g/mol. The molecule has 1 amide bonds. The Labute approximate surface area is 90.6 Å². The van der Waals surface area contributed by atoms with Gasteiger partial charge in [0.05, 0.1) is 13.5 Å². The Bertz CT molecular complexity index is 234. The second-order valence-electron chi connectivity index (χ2n) is 3.98. The molecule has 1 rings (SSSR count). The van der Waals surface area contributed by atoms with Crippen molar-refractivity contribution in [2.45, 2.75) is 45.1 Å². The molecule has 0 unspecified atom stereocenters. The zero-order chi connectivity index (χ0) is 11.3. The maximum atomic E-state index is 11.4. The van der Waals surface area contributed by atoms with Crippen LogP contribution in [0.2, 0.25) is 0 Å². The molecule has 15 heavy (non-hydrogen) atoms.